The SMILES string of the molecule is C/C=C\CN(C)C. The highest BCUT2D eigenvalue weighted by Crippen LogP contribution is 1.74. The lowest BCUT2D eigenvalue weighted by molar-refractivity contribution is 0.456. The Bertz CT molecular complexity index is 55.2. The fraction of sp³-hybridized carbons (Fsp3) is 0.667. The van der Waals surface area contributed by atoms with Crippen LogP contribution in [0.2, 0.25) is 0 Å². The zero-order valence-corrected chi connectivity index (χ0v) is 5.31. The number of hydrogen-bond acceptors (Lipinski definition) is 1. The van der Waals surface area contributed by atoms with Crippen LogP contribution < -0.4 is 0 Å². The Morgan fingerprint density at radius 3 is 2.14 bits per heavy atom. The lowest BCUT2D eigenvalue weighted by atomic mass is 10.5. The molecular formula is C6H13N. The van der Waals surface area contributed by atoms with Gasteiger partial charge in [-0.2, -0.15) is 0 Å². The van der Waals surface area contributed by atoms with Gasteiger partial charge >= 0.3 is 0 Å². The van der Waals surface area contributed by atoms with Gasteiger partial charge < -0.3 is 4.90 Å². The summed E-state index contributed by atoms with van der Waals surface area (Å²) in [5, 5.41) is 0. The molecule has 0 aromatic carbocycles. The van der Waals surface area contributed by atoms with Gasteiger partial charge in [0.15, 0.2) is 0 Å². The average Bonchev–Trinajstić information content (AvgIpc) is 1.61. The van der Waals surface area contributed by atoms with Crippen LogP contribution in [0.3, 0.4) is 0 Å². The summed E-state index contributed by atoms with van der Waals surface area (Å²) in [6.07, 6.45) is 4.18. The van der Waals surface area contributed by atoms with Gasteiger partial charge in [0.2, 0.25) is 0 Å². The molecular weight excluding hydrogens is 86.1 g/mol. The van der Waals surface area contributed by atoms with Gasteiger partial charge in [0.05, 0.1) is 0 Å². The van der Waals surface area contributed by atoms with Crippen LogP contribution in [0.4, 0.5) is 0 Å². The first-order chi connectivity index (χ1) is 3.27. The predicted octanol–water partition coefficient (Wildman–Crippen LogP) is 1.12. The Morgan fingerprint density at radius 2 is 2.00 bits per heavy atom. The van der Waals surface area contributed by atoms with Crippen molar-refractivity contribution in [2.45, 2.75) is 6.92 Å². The Morgan fingerprint density at radius 1 is 1.43 bits per heavy atom. The standard InChI is InChI=1S/C6H13N/c1-4-5-6-7(2)3/h4-5H,6H2,1-3H3/b5-4-. The summed E-state index contributed by atoms with van der Waals surface area (Å²) in [6.45, 7) is 3.08. The highest BCUT2D eigenvalue weighted by Gasteiger charge is 1.77. The number of allylic oxidation sites excluding steroid dienone is 1. The molecule has 1 heteroatoms. The van der Waals surface area contributed by atoms with E-state index in [1.54, 1.807) is 0 Å². The van der Waals surface area contributed by atoms with Gasteiger partial charge in [0, 0.05) is 6.54 Å². The summed E-state index contributed by atoms with van der Waals surface area (Å²) >= 11 is 0. The Hall–Kier alpha value is -0.300. The Kier molecular flexibility index (Phi) is 3.71. The molecule has 0 heterocycles. The summed E-state index contributed by atoms with van der Waals surface area (Å²) in [7, 11) is 4.11. The second-order valence-electron chi connectivity index (χ2n) is 1.83. The monoisotopic (exact) mass is 99.1 g/mol. The van der Waals surface area contributed by atoms with Crippen LogP contribution in [-0.2, 0) is 0 Å². The zero-order valence-electron chi connectivity index (χ0n) is 5.31. The van der Waals surface area contributed by atoms with E-state index in [9.17, 15) is 0 Å². The van der Waals surface area contributed by atoms with Crippen LogP contribution in [0.25, 0.3) is 0 Å². The largest absolute Gasteiger partial charge is 0.306 e. The van der Waals surface area contributed by atoms with E-state index < -0.39 is 0 Å². The van der Waals surface area contributed by atoms with E-state index in [0.717, 1.165) is 6.54 Å². The summed E-state index contributed by atoms with van der Waals surface area (Å²) in [6, 6.07) is 0. The first-order valence-electron chi connectivity index (χ1n) is 2.53. The topological polar surface area (TPSA) is 3.24 Å². The molecule has 1 nitrogen and oxygen atoms in total. The van der Waals surface area contributed by atoms with Gasteiger partial charge in [-0.15, -0.1) is 0 Å². The smallest absolute Gasteiger partial charge is 0.0157 e. The van der Waals surface area contributed by atoms with Crippen molar-refractivity contribution >= 4 is 0 Å². The molecule has 0 atom stereocenters. The summed E-state index contributed by atoms with van der Waals surface area (Å²) in [5.41, 5.74) is 0. The minimum atomic E-state index is 1.05. The molecule has 0 fully saturated rings. The number of nitrogens with zero attached hydrogens (tertiary/aromatic N) is 1. The van der Waals surface area contributed by atoms with Crippen LogP contribution in [0.5, 0.6) is 0 Å². The lowest BCUT2D eigenvalue weighted by Crippen LogP contribution is -2.10. The van der Waals surface area contributed by atoms with E-state index in [0.29, 0.717) is 0 Å². The number of rotatable bonds is 2. The predicted molar refractivity (Wildman–Crippen MR) is 33.4 cm³/mol. The van der Waals surface area contributed by atoms with E-state index in [1.807, 2.05) is 6.92 Å². The van der Waals surface area contributed by atoms with Crippen molar-refractivity contribution in [2.75, 3.05) is 20.6 Å². The van der Waals surface area contributed by atoms with Crippen molar-refractivity contribution in [3.05, 3.63) is 12.2 Å². The van der Waals surface area contributed by atoms with Crippen LogP contribution in [0, 0.1) is 0 Å². The molecule has 0 spiro atoms. The highest BCUT2D eigenvalue weighted by atomic mass is 15.0. The minimum Gasteiger partial charge on any atom is -0.306 e. The first-order valence-corrected chi connectivity index (χ1v) is 2.53. The van der Waals surface area contributed by atoms with Crippen LogP contribution >= 0.6 is 0 Å². The van der Waals surface area contributed by atoms with Crippen LogP contribution in [-0.4, -0.2) is 25.5 Å². The third kappa shape index (κ3) is 5.70. The van der Waals surface area contributed by atoms with Gasteiger partial charge in [0.25, 0.3) is 0 Å². The Labute approximate surface area is 45.6 Å². The third-order valence-electron chi connectivity index (χ3n) is 0.706. The quantitative estimate of drug-likeness (QED) is 0.469. The lowest BCUT2D eigenvalue weighted by Gasteiger charge is -2.02. The second-order valence-corrected chi connectivity index (χ2v) is 1.83. The Balaban J connectivity index is 2.97. The molecule has 0 saturated heterocycles. The molecule has 0 bridgehead atoms. The van der Waals surface area contributed by atoms with E-state index in [4.69, 9.17) is 0 Å². The van der Waals surface area contributed by atoms with E-state index in [-0.39, 0.29) is 0 Å². The molecule has 0 aliphatic rings. The average molecular weight is 99.2 g/mol. The van der Waals surface area contributed by atoms with Gasteiger partial charge in [-0.25, -0.2) is 0 Å². The van der Waals surface area contributed by atoms with Gasteiger partial charge in [0.1, 0.15) is 0 Å². The van der Waals surface area contributed by atoms with Gasteiger partial charge in [-0.05, 0) is 21.0 Å². The normalized spacial score (nSPS) is 11.4. The molecule has 42 valence electrons. The van der Waals surface area contributed by atoms with E-state index in [2.05, 4.69) is 31.1 Å². The molecule has 0 N–H and O–H groups in total. The van der Waals surface area contributed by atoms with Gasteiger partial charge in [-0.3, -0.25) is 0 Å². The molecule has 0 aliphatic carbocycles. The maximum atomic E-state index is 2.12. The molecule has 7 heavy (non-hydrogen) atoms. The molecule has 0 aliphatic heterocycles. The van der Waals surface area contributed by atoms with Crippen molar-refractivity contribution in [1.82, 2.24) is 4.90 Å². The fourth-order valence-corrected chi connectivity index (χ4v) is 0.316. The maximum absolute atomic E-state index is 2.12. The van der Waals surface area contributed by atoms with Crippen molar-refractivity contribution in [3.8, 4) is 0 Å². The third-order valence-corrected chi connectivity index (χ3v) is 0.706. The molecule has 0 aromatic rings. The summed E-state index contributed by atoms with van der Waals surface area (Å²) < 4.78 is 0. The highest BCUT2D eigenvalue weighted by molar-refractivity contribution is 4.78. The van der Waals surface area contributed by atoms with Crippen LogP contribution in [0.1, 0.15) is 6.92 Å². The van der Waals surface area contributed by atoms with E-state index >= 15 is 0 Å². The van der Waals surface area contributed by atoms with E-state index in [1.165, 1.54) is 0 Å². The van der Waals surface area contributed by atoms with Crippen molar-refractivity contribution in [2.24, 2.45) is 0 Å². The first kappa shape index (κ1) is 6.70. The molecule has 0 saturated carbocycles. The number of hydrogen-bond donors (Lipinski definition) is 0. The summed E-state index contributed by atoms with van der Waals surface area (Å²) in [5.74, 6) is 0. The van der Waals surface area contributed by atoms with Crippen LogP contribution in [0.15, 0.2) is 12.2 Å². The minimum absolute atomic E-state index is 1.05. The van der Waals surface area contributed by atoms with Crippen molar-refractivity contribution in [3.63, 3.8) is 0 Å². The summed E-state index contributed by atoms with van der Waals surface area (Å²) in [4.78, 5) is 2.12. The second kappa shape index (κ2) is 3.88. The molecule has 0 radical (unpaired) electrons. The van der Waals surface area contributed by atoms with Crippen molar-refractivity contribution in [1.29, 1.82) is 0 Å². The molecule has 0 amide bonds. The van der Waals surface area contributed by atoms with Crippen molar-refractivity contribution < 1.29 is 0 Å². The number of likely N-dealkylation sites (N-methyl/N-ethyl adjacent to an activating group) is 1. The van der Waals surface area contributed by atoms with Gasteiger partial charge in [-0.1, -0.05) is 12.2 Å². The molecule has 0 unspecified atom stereocenters. The molecule has 0 aromatic heterocycles. The fourth-order valence-electron chi connectivity index (χ4n) is 0.316. The molecule has 0 rings (SSSR count). The zero-order chi connectivity index (χ0) is 5.70. The maximum Gasteiger partial charge on any atom is 0.0157 e.